The van der Waals surface area contributed by atoms with Gasteiger partial charge in [-0.1, -0.05) is 6.42 Å². The summed E-state index contributed by atoms with van der Waals surface area (Å²) in [6, 6.07) is 0. The van der Waals surface area contributed by atoms with Gasteiger partial charge in [0, 0.05) is 0 Å². The fraction of sp³-hybridized carbons (Fsp3) is 1.00. The summed E-state index contributed by atoms with van der Waals surface area (Å²) in [5, 5.41) is 0. The molecule has 0 aromatic rings. The highest BCUT2D eigenvalue weighted by Crippen LogP contribution is 2.38. The molecule has 1 saturated carbocycles. The van der Waals surface area contributed by atoms with Crippen molar-refractivity contribution in [3.05, 3.63) is 0 Å². The number of hydrogen-bond acceptors (Lipinski definition) is 2. The molecule has 0 aromatic carbocycles. The van der Waals surface area contributed by atoms with E-state index >= 15 is 0 Å². The lowest BCUT2D eigenvalue weighted by molar-refractivity contribution is -0.409. The lowest BCUT2D eigenvalue weighted by Crippen LogP contribution is -2.40. The van der Waals surface area contributed by atoms with Crippen molar-refractivity contribution in [3.63, 3.8) is 0 Å². The highest BCUT2D eigenvalue weighted by Gasteiger charge is 2.36. The van der Waals surface area contributed by atoms with Gasteiger partial charge in [-0.05, 0) is 53.4 Å². The third-order valence-electron chi connectivity index (χ3n) is 2.59. The van der Waals surface area contributed by atoms with Crippen LogP contribution in [0.2, 0.25) is 0 Å². The summed E-state index contributed by atoms with van der Waals surface area (Å²) in [7, 11) is 0. The Morgan fingerprint density at radius 3 is 1.77 bits per heavy atom. The summed E-state index contributed by atoms with van der Waals surface area (Å²) < 4.78 is 0. The second-order valence-corrected chi connectivity index (χ2v) is 5.51. The van der Waals surface area contributed by atoms with Crippen molar-refractivity contribution in [1.82, 2.24) is 0 Å². The van der Waals surface area contributed by atoms with Crippen LogP contribution >= 0.6 is 0 Å². The van der Waals surface area contributed by atoms with Crippen LogP contribution in [0.3, 0.4) is 0 Å². The van der Waals surface area contributed by atoms with Crippen LogP contribution in [0.5, 0.6) is 0 Å². The smallest absolute Gasteiger partial charge is 0.101 e. The molecular weight excluding hydrogens is 164 g/mol. The van der Waals surface area contributed by atoms with Gasteiger partial charge in [0.1, 0.15) is 5.60 Å². The van der Waals surface area contributed by atoms with E-state index in [1.54, 1.807) is 0 Å². The van der Waals surface area contributed by atoms with Crippen molar-refractivity contribution < 1.29 is 9.78 Å². The van der Waals surface area contributed by atoms with Crippen LogP contribution in [0.1, 0.15) is 53.9 Å². The third-order valence-corrected chi connectivity index (χ3v) is 2.59. The van der Waals surface area contributed by atoms with Gasteiger partial charge in [-0.25, -0.2) is 9.78 Å². The van der Waals surface area contributed by atoms with E-state index in [1.165, 1.54) is 19.3 Å². The molecule has 0 bridgehead atoms. The highest BCUT2D eigenvalue weighted by atomic mass is 17.2. The van der Waals surface area contributed by atoms with Gasteiger partial charge in [-0.15, -0.1) is 0 Å². The molecule has 78 valence electrons. The third kappa shape index (κ3) is 3.28. The molecule has 2 nitrogen and oxygen atoms in total. The number of rotatable bonds is 3. The maximum atomic E-state index is 5.50. The lowest BCUT2D eigenvalue weighted by Gasteiger charge is -2.40. The molecule has 0 spiro atoms. The second-order valence-electron chi connectivity index (χ2n) is 5.51. The van der Waals surface area contributed by atoms with E-state index < -0.39 is 0 Å². The van der Waals surface area contributed by atoms with Gasteiger partial charge >= 0.3 is 0 Å². The molecule has 13 heavy (non-hydrogen) atoms. The molecule has 1 fully saturated rings. The zero-order chi connectivity index (χ0) is 10.1. The first-order valence-electron chi connectivity index (χ1n) is 5.18. The van der Waals surface area contributed by atoms with Crippen LogP contribution < -0.4 is 0 Å². The zero-order valence-corrected chi connectivity index (χ0v) is 9.52. The molecule has 0 saturated heterocycles. The van der Waals surface area contributed by atoms with Crippen LogP contribution in [0, 0.1) is 5.92 Å². The van der Waals surface area contributed by atoms with E-state index in [2.05, 4.69) is 13.8 Å². The summed E-state index contributed by atoms with van der Waals surface area (Å²) in [5.74, 6) is 0.676. The Balaban J connectivity index is 2.33. The SMILES string of the molecule is CC(C)(C)OOC(C)(C)C1CCC1. The monoisotopic (exact) mass is 186 g/mol. The Labute approximate surface area is 81.5 Å². The molecule has 1 rings (SSSR count). The maximum absolute atomic E-state index is 5.50. The van der Waals surface area contributed by atoms with E-state index in [1.807, 2.05) is 20.8 Å². The quantitative estimate of drug-likeness (QED) is 0.497. The number of hydrogen-bond donors (Lipinski definition) is 0. The van der Waals surface area contributed by atoms with Crippen LogP contribution in [0.15, 0.2) is 0 Å². The second kappa shape index (κ2) is 3.58. The van der Waals surface area contributed by atoms with Gasteiger partial charge in [-0.2, -0.15) is 0 Å². The molecule has 2 heteroatoms. The van der Waals surface area contributed by atoms with Crippen molar-refractivity contribution in [3.8, 4) is 0 Å². The minimum Gasteiger partial charge on any atom is -0.230 e. The molecule has 0 aromatic heterocycles. The fourth-order valence-corrected chi connectivity index (χ4v) is 1.40. The normalized spacial score (nSPS) is 20.1. The predicted molar refractivity (Wildman–Crippen MR) is 53.3 cm³/mol. The largest absolute Gasteiger partial charge is 0.230 e. The minimum atomic E-state index is -0.207. The van der Waals surface area contributed by atoms with E-state index in [0.29, 0.717) is 5.92 Å². The molecule has 1 aliphatic rings. The van der Waals surface area contributed by atoms with Crippen molar-refractivity contribution in [2.75, 3.05) is 0 Å². The summed E-state index contributed by atoms with van der Waals surface area (Å²) in [6.07, 6.45) is 3.90. The fourth-order valence-electron chi connectivity index (χ4n) is 1.40. The van der Waals surface area contributed by atoms with E-state index in [-0.39, 0.29) is 11.2 Å². The Morgan fingerprint density at radius 1 is 0.923 bits per heavy atom. The molecular formula is C11H22O2. The summed E-state index contributed by atoms with van der Waals surface area (Å²) >= 11 is 0. The Bertz CT molecular complexity index is 163. The van der Waals surface area contributed by atoms with E-state index in [4.69, 9.17) is 9.78 Å². The van der Waals surface area contributed by atoms with Crippen molar-refractivity contribution in [2.45, 2.75) is 65.1 Å². The van der Waals surface area contributed by atoms with E-state index in [0.717, 1.165) is 0 Å². The van der Waals surface area contributed by atoms with Gasteiger partial charge in [0.25, 0.3) is 0 Å². The minimum absolute atomic E-state index is 0.120. The zero-order valence-electron chi connectivity index (χ0n) is 9.52. The molecule has 0 heterocycles. The first kappa shape index (κ1) is 11.0. The van der Waals surface area contributed by atoms with Crippen molar-refractivity contribution in [1.29, 1.82) is 0 Å². The van der Waals surface area contributed by atoms with Crippen LogP contribution in [-0.2, 0) is 9.78 Å². The topological polar surface area (TPSA) is 18.5 Å². The molecule has 0 aliphatic heterocycles. The molecule has 0 N–H and O–H groups in total. The van der Waals surface area contributed by atoms with E-state index in [9.17, 15) is 0 Å². The van der Waals surface area contributed by atoms with Gasteiger partial charge in [0.15, 0.2) is 0 Å². The van der Waals surface area contributed by atoms with Crippen LogP contribution in [-0.4, -0.2) is 11.2 Å². The van der Waals surface area contributed by atoms with Crippen LogP contribution in [0.4, 0.5) is 0 Å². The first-order chi connectivity index (χ1) is 5.81. The Kier molecular flexibility index (Phi) is 3.03. The maximum Gasteiger partial charge on any atom is 0.101 e. The highest BCUT2D eigenvalue weighted by molar-refractivity contribution is 4.84. The summed E-state index contributed by atoms with van der Waals surface area (Å²) in [5.41, 5.74) is -0.327. The van der Waals surface area contributed by atoms with Crippen LogP contribution in [0.25, 0.3) is 0 Å². The van der Waals surface area contributed by atoms with Gasteiger partial charge in [0.2, 0.25) is 0 Å². The van der Waals surface area contributed by atoms with Crippen molar-refractivity contribution in [2.24, 2.45) is 5.92 Å². The average Bonchev–Trinajstić information content (AvgIpc) is 1.77. The van der Waals surface area contributed by atoms with Gasteiger partial charge in [0.05, 0.1) is 5.60 Å². The molecule has 0 amide bonds. The average molecular weight is 186 g/mol. The first-order valence-corrected chi connectivity index (χ1v) is 5.18. The molecule has 1 aliphatic carbocycles. The molecule has 0 atom stereocenters. The Hall–Kier alpha value is -0.0800. The summed E-state index contributed by atoms with van der Waals surface area (Å²) in [6.45, 7) is 10.2. The predicted octanol–water partition coefficient (Wildman–Crippen LogP) is 3.31. The standard InChI is InChI=1S/C11H22O2/c1-10(2,3)12-13-11(4,5)9-7-6-8-9/h9H,6-8H2,1-5H3. The van der Waals surface area contributed by atoms with Gasteiger partial charge in [-0.3, -0.25) is 0 Å². The Morgan fingerprint density at radius 2 is 1.46 bits per heavy atom. The van der Waals surface area contributed by atoms with Crippen molar-refractivity contribution >= 4 is 0 Å². The summed E-state index contributed by atoms with van der Waals surface area (Å²) in [4.78, 5) is 10.8. The molecule has 0 radical (unpaired) electrons. The molecule has 0 unspecified atom stereocenters. The van der Waals surface area contributed by atoms with Gasteiger partial charge < -0.3 is 0 Å². The lowest BCUT2D eigenvalue weighted by atomic mass is 9.75.